The molecule has 0 N–H and O–H groups in total. The third kappa shape index (κ3) is 7.20. The summed E-state index contributed by atoms with van der Waals surface area (Å²) in [6.07, 6.45) is 4.72. The summed E-state index contributed by atoms with van der Waals surface area (Å²) in [7, 11) is 1.45. The van der Waals surface area contributed by atoms with Gasteiger partial charge in [-0.15, -0.1) is 0 Å². The molecule has 2 saturated heterocycles. The molecule has 6 nitrogen and oxygen atoms in total. The van der Waals surface area contributed by atoms with Gasteiger partial charge in [-0.2, -0.15) is 11.8 Å². The summed E-state index contributed by atoms with van der Waals surface area (Å²) in [6, 6.07) is 8.61. The second-order valence-electron chi connectivity index (χ2n) is 8.98. The van der Waals surface area contributed by atoms with E-state index in [0.717, 1.165) is 26.1 Å². The summed E-state index contributed by atoms with van der Waals surface area (Å²) in [5.74, 6) is 0.275. The summed E-state index contributed by atoms with van der Waals surface area (Å²) < 4.78 is 10.2. The maximum Gasteiger partial charge on any atom is 0.410 e. The Labute approximate surface area is 185 Å². The van der Waals surface area contributed by atoms with Crippen molar-refractivity contribution < 1.29 is 19.1 Å². The average molecular weight is 437 g/mol. The molecule has 1 aromatic carbocycles. The van der Waals surface area contributed by atoms with Gasteiger partial charge < -0.3 is 14.4 Å². The molecule has 0 saturated carbocycles. The highest BCUT2D eigenvalue weighted by Crippen LogP contribution is 2.29. The number of thioether (sulfide) groups is 1. The van der Waals surface area contributed by atoms with Gasteiger partial charge in [-0.25, -0.2) is 4.79 Å². The number of rotatable bonds is 4. The second-order valence-corrected chi connectivity index (χ2v) is 9.79. The Morgan fingerprint density at radius 3 is 2.23 bits per heavy atom. The molecule has 0 spiro atoms. The zero-order valence-corrected chi connectivity index (χ0v) is 20.0. The van der Waals surface area contributed by atoms with Crippen LogP contribution in [0.5, 0.6) is 0 Å². The van der Waals surface area contributed by atoms with Gasteiger partial charge in [0.2, 0.25) is 0 Å². The Morgan fingerprint density at radius 2 is 1.70 bits per heavy atom. The van der Waals surface area contributed by atoms with E-state index in [1.54, 1.807) is 16.7 Å². The summed E-state index contributed by atoms with van der Waals surface area (Å²) in [4.78, 5) is 27.7. The van der Waals surface area contributed by atoms with Gasteiger partial charge in [0.15, 0.2) is 0 Å². The van der Waals surface area contributed by atoms with Crippen LogP contribution in [0.4, 0.5) is 4.79 Å². The lowest BCUT2D eigenvalue weighted by molar-refractivity contribution is -0.144. The Balaban J connectivity index is 0.00000101. The van der Waals surface area contributed by atoms with E-state index in [-0.39, 0.29) is 18.0 Å². The molecule has 0 aromatic heterocycles. The normalized spacial score (nSPS) is 19.5. The minimum Gasteiger partial charge on any atom is -0.469 e. The number of hydrogen-bond donors (Lipinski definition) is 0. The highest BCUT2D eigenvalue weighted by molar-refractivity contribution is 7.97. The molecule has 1 amide bonds. The zero-order valence-electron chi connectivity index (χ0n) is 19.1. The number of nitrogens with zero attached hydrogens (tertiary/aromatic N) is 2. The molecule has 168 valence electrons. The number of ether oxygens (including phenoxy) is 2. The number of carbonyl (C=O) groups excluding carboxylic acids is 2. The third-order valence-corrected chi connectivity index (χ3v) is 5.20. The van der Waals surface area contributed by atoms with Gasteiger partial charge in [0.05, 0.1) is 13.0 Å². The lowest BCUT2D eigenvalue weighted by Gasteiger charge is -2.40. The van der Waals surface area contributed by atoms with Crippen LogP contribution in [0.2, 0.25) is 0 Å². The largest absolute Gasteiger partial charge is 0.469 e. The average Bonchev–Trinajstić information content (AvgIpc) is 3.09. The van der Waals surface area contributed by atoms with E-state index in [1.807, 2.05) is 33.3 Å². The Bertz CT molecular complexity index is 696. The van der Waals surface area contributed by atoms with Crippen molar-refractivity contribution in [2.24, 2.45) is 5.92 Å². The van der Waals surface area contributed by atoms with Gasteiger partial charge in [0, 0.05) is 32.1 Å². The number of carbonyl (C=O) groups is 2. The fourth-order valence-corrected chi connectivity index (χ4v) is 3.65. The van der Waals surface area contributed by atoms with Crippen molar-refractivity contribution >= 4 is 23.8 Å². The third-order valence-electron chi connectivity index (χ3n) is 5.20. The minimum absolute atomic E-state index is 0.00286. The second kappa shape index (κ2) is 11.0. The highest BCUT2D eigenvalue weighted by atomic mass is 32.2. The van der Waals surface area contributed by atoms with Gasteiger partial charge in [-0.3, -0.25) is 9.69 Å². The SMILES string of the molecule is COC(=O)C1CCN(Cc2ccc(C3CN(C(=O)OC(C)(C)C)C3)cc2)C1.CSC. The van der Waals surface area contributed by atoms with Crippen LogP contribution >= 0.6 is 11.8 Å². The quantitative estimate of drug-likeness (QED) is 0.665. The zero-order chi connectivity index (χ0) is 22.3. The van der Waals surface area contributed by atoms with Crippen LogP contribution < -0.4 is 0 Å². The maximum atomic E-state index is 12.0. The van der Waals surface area contributed by atoms with Gasteiger partial charge in [0.25, 0.3) is 0 Å². The Hall–Kier alpha value is -1.73. The molecule has 30 heavy (non-hydrogen) atoms. The fourth-order valence-electron chi connectivity index (χ4n) is 3.65. The van der Waals surface area contributed by atoms with Crippen molar-refractivity contribution in [3.63, 3.8) is 0 Å². The van der Waals surface area contributed by atoms with Crippen LogP contribution in [-0.2, 0) is 20.8 Å². The predicted octanol–water partition coefficient (Wildman–Crippen LogP) is 4.00. The van der Waals surface area contributed by atoms with E-state index in [4.69, 9.17) is 9.47 Å². The lowest BCUT2D eigenvalue weighted by Crippen LogP contribution is -2.50. The molecular weight excluding hydrogens is 400 g/mol. The molecular formula is C23H36N2O4S. The first-order valence-electron chi connectivity index (χ1n) is 10.4. The highest BCUT2D eigenvalue weighted by Gasteiger charge is 2.34. The topological polar surface area (TPSA) is 59.1 Å². The van der Waals surface area contributed by atoms with Crippen molar-refractivity contribution in [2.45, 2.75) is 45.3 Å². The van der Waals surface area contributed by atoms with E-state index in [0.29, 0.717) is 19.0 Å². The van der Waals surface area contributed by atoms with Crippen LogP contribution in [0.1, 0.15) is 44.2 Å². The van der Waals surface area contributed by atoms with Crippen LogP contribution in [0.15, 0.2) is 24.3 Å². The van der Waals surface area contributed by atoms with Crippen molar-refractivity contribution in [3.05, 3.63) is 35.4 Å². The van der Waals surface area contributed by atoms with Crippen LogP contribution in [0.3, 0.4) is 0 Å². The minimum atomic E-state index is -0.452. The first kappa shape index (κ1) is 24.5. The smallest absolute Gasteiger partial charge is 0.410 e. The molecule has 0 bridgehead atoms. The number of esters is 1. The molecule has 0 aliphatic carbocycles. The summed E-state index contributed by atoms with van der Waals surface area (Å²) in [5, 5.41) is 0. The summed E-state index contributed by atoms with van der Waals surface area (Å²) in [5.41, 5.74) is 2.05. The Kier molecular flexibility index (Phi) is 9.04. The number of likely N-dealkylation sites (tertiary alicyclic amines) is 2. The Morgan fingerprint density at radius 1 is 1.10 bits per heavy atom. The van der Waals surface area contributed by atoms with Gasteiger partial charge in [0.1, 0.15) is 5.60 Å². The van der Waals surface area contributed by atoms with Crippen molar-refractivity contribution in [1.82, 2.24) is 9.80 Å². The monoisotopic (exact) mass is 436 g/mol. The number of benzene rings is 1. The standard InChI is InChI=1S/C21H30N2O4.C2H6S/c1-21(2,3)27-20(25)23-13-18(14-23)16-7-5-15(6-8-16)11-22-10-9-17(12-22)19(24)26-4;1-3-2/h5-8,17-18H,9-14H2,1-4H3;1-2H3. The van der Waals surface area contributed by atoms with E-state index >= 15 is 0 Å². The van der Waals surface area contributed by atoms with E-state index in [9.17, 15) is 9.59 Å². The van der Waals surface area contributed by atoms with E-state index in [1.165, 1.54) is 18.2 Å². The number of hydrogen-bond acceptors (Lipinski definition) is 6. The van der Waals surface area contributed by atoms with Crippen molar-refractivity contribution in [2.75, 3.05) is 45.8 Å². The van der Waals surface area contributed by atoms with Gasteiger partial charge >= 0.3 is 12.1 Å². The molecule has 1 aromatic rings. The molecule has 2 heterocycles. The van der Waals surface area contributed by atoms with Gasteiger partial charge in [-0.1, -0.05) is 24.3 Å². The number of methoxy groups -OCH3 is 1. The molecule has 2 aliphatic heterocycles. The van der Waals surface area contributed by atoms with Crippen LogP contribution in [-0.4, -0.2) is 73.3 Å². The van der Waals surface area contributed by atoms with E-state index in [2.05, 4.69) is 29.2 Å². The summed E-state index contributed by atoms with van der Waals surface area (Å²) in [6.45, 7) is 9.61. The van der Waals surface area contributed by atoms with Crippen LogP contribution in [0.25, 0.3) is 0 Å². The fraction of sp³-hybridized carbons (Fsp3) is 0.652. The van der Waals surface area contributed by atoms with E-state index < -0.39 is 5.60 Å². The van der Waals surface area contributed by atoms with Crippen molar-refractivity contribution in [1.29, 1.82) is 0 Å². The molecule has 7 heteroatoms. The lowest BCUT2D eigenvalue weighted by atomic mass is 9.91. The van der Waals surface area contributed by atoms with Crippen molar-refractivity contribution in [3.8, 4) is 0 Å². The summed E-state index contributed by atoms with van der Waals surface area (Å²) >= 11 is 1.75. The molecule has 2 fully saturated rings. The molecule has 0 radical (unpaired) electrons. The first-order chi connectivity index (χ1) is 14.2. The molecule has 3 rings (SSSR count). The number of amides is 1. The maximum absolute atomic E-state index is 12.0. The van der Waals surface area contributed by atoms with Gasteiger partial charge in [-0.05, 0) is 57.4 Å². The molecule has 2 aliphatic rings. The first-order valence-corrected chi connectivity index (χ1v) is 12.1. The molecule has 1 atom stereocenters. The molecule has 1 unspecified atom stereocenters. The predicted molar refractivity (Wildman–Crippen MR) is 122 cm³/mol. The van der Waals surface area contributed by atoms with Crippen LogP contribution in [0, 0.1) is 5.92 Å².